The Morgan fingerprint density at radius 3 is 2.81 bits per heavy atom. The van der Waals surface area contributed by atoms with Gasteiger partial charge in [-0.3, -0.25) is 0 Å². The van der Waals surface area contributed by atoms with Gasteiger partial charge in [0.1, 0.15) is 17.3 Å². The lowest BCUT2D eigenvalue weighted by molar-refractivity contribution is -0.156. The van der Waals surface area contributed by atoms with Crippen molar-refractivity contribution in [2.45, 2.75) is 50.7 Å². The number of fused-ring (bicyclic) bond motifs is 4. The topological polar surface area (TPSA) is 61.2 Å². The van der Waals surface area contributed by atoms with Crippen molar-refractivity contribution in [3.63, 3.8) is 0 Å². The summed E-state index contributed by atoms with van der Waals surface area (Å²) in [5, 5.41) is 2.02. The molecule has 27 heavy (non-hydrogen) atoms. The second-order valence-electron chi connectivity index (χ2n) is 7.81. The van der Waals surface area contributed by atoms with E-state index in [0.717, 1.165) is 6.42 Å². The van der Waals surface area contributed by atoms with E-state index in [1.807, 2.05) is 18.4 Å². The summed E-state index contributed by atoms with van der Waals surface area (Å²) in [6.07, 6.45) is -0.235. The molecule has 1 aliphatic heterocycles. The second kappa shape index (κ2) is 5.71. The number of alkyl halides is 2. The summed E-state index contributed by atoms with van der Waals surface area (Å²) in [6.45, 7) is 3.05. The highest BCUT2D eigenvalue weighted by Gasteiger charge is 2.66. The van der Waals surface area contributed by atoms with Gasteiger partial charge in [-0.2, -0.15) is 0 Å². The van der Waals surface area contributed by atoms with Gasteiger partial charge in [0.05, 0.1) is 25.0 Å². The fourth-order valence-electron chi connectivity index (χ4n) is 4.58. The van der Waals surface area contributed by atoms with Crippen molar-refractivity contribution in [3.05, 3.63) is 17.3 Å². The maximum Gasteiger partial charge on any atom is 0.255 e. The third-order valence-electron chi connectivity index (χ3n) is 5.62. The minimum absolute atomic E-state index is 0.000186. The third kappa shape index (κ3) is 2.62. The lowest BCUT2D eigenvalue weighted by Gasteiger charge is -2.24. The number of aromatic nitrogens is 3. The molecule has 3 heterocycles. The number of hydrogen-bond donors (Lipinski definition) is 1. The van der Waals surface area contributed by atoms with E-state index >= 15 is 0 Å². The number of anilines is 1. The first-order valence-electron chi connectivity index (χ1n) is 8.86. The molecule has 0 radical (unpaired) electrons. The van der Waals surface area contributed by atoms with Gasteiger partial charge < -0.3 is 19.4 Å². The van der Waals surface area contributed by atoms with Crippen LogP contribution in [-0.4, -0.2) is 45.5 Å². The second-order valence-corrected chi connectivity index (χ2v) is 8.16. The van der Waals surface area contributed by atoms with E-state index in [0.29, 0.717) is 17.5 Å². The van der Waals surface area contributed by atoms with Gasteiger partial charge in [0.2, 0.25) is 0 Å². The average molecular weight is 403 g/mol. The number of pyridine rings is 1. The highest BCUT2D eigenvalue weighted by molar-refractivity contribution is 6.30. The van der Waals surface area contributed by atoms with Crippen molar-refractivity contribution < 1.29 is 22.6 Å². The normalized spacial score (nSPS) is 33.5. The van der Waals surface area contributed by atoms with Crippen LogP contribution in [0.4, 0.5) is 18.9 Å². The highest BCUT2D eigenvalue weighted by atomic mass is 35.5. The Hall–Kier alpha value is -1.58. The number of halogens is 4. The average Bonchev–Trinajstić information content (AvgIpc) is 3.03. The van der Waals surface area contributed by atoms with E-state index < -0.39 is 24.6 Å². The number of nitrogens with one attached hydrogen (secondary N) is 1. The van der Waals surface area contributed by atoms with Gasteiger partial charge >= 0.3 is 0 Å². The molecule has 0 aromatic carbocycles. The predicted molar refractivity (Wildman–Crippen MR) is 91.4 cm³/mol. The molecule has 3 aliphatic rings. The molecule has 2 aromatic rings. The molecule has 2 aromatic heterocycles. The van der Waals surface area contributed by atoms with Gasteiger partial charge in [-0.25, -0.2) is 23.1 Å². The van der Waals surface area contributed by atoms with Crippen LogP contribution < -0.4 is 5.32 Å². The Kier molecular flexibility index (Phi) is 3.71. The molecule has 10 heteroatoms. The lowest BCUT2D eigenvalue weighted by Crippen LogP contribution is -2.30. The predicted octanol–water partition coefficient (Wildman–Crippen LogP) is 3.61. The number of nitrogens with zero attached hydrogens (tertiary/aromatic N) is 3. The lowest BCUT2D eigenvalue weighted by atomic mass is 10.1. The summed E-state index contributed by atoms with van der Waals surface area (Å²) in [7, 11) is 0. The molecule has 5 atom stereocenters. The summed E-state index contributed by atoms with van der Waals surface area (Å²) in [4.78, 5) is 8.38. The van der Waals surface area contributed by atoms with Crippen LogP contribution in [0.5, 0.6) is 0 Å². The molecule has 2 saturated carbocycles. The molecule has 146 valence electrons. The maximum atomic E-state index is 14.4. The Morgan fingerprint density at radius 1 is 1.33 bits per heavy atom. The van der Waals surface area contributed by atoms with Crippen LogP contribution in [0.1, 0.15) is 26.3 Å². The van der Waals surface area contributed by atoms with E-state index in [1.54, 1.807) is 6.33 Å². The third-order valence-corrected chi connectivity index (χ3v) is 5.87. The molecule has 5 rings (SSSR count). The van der Waals surface area contributed by atoms with E-state index in [2.05, 4.69) is 15.3 Å². The highest BCUT2D eigenvalue weighted by Crippen LogP contribution is 2.63. The summed E-state index contributed by atoms with van der Waals surface area (Å²) in [6, 6.07) is -0.0660. The Morgan fingerprint density at radius 2 is 2.07 bits per heavy atom. The summed E-state index contributed by atoms with van der Waals surface area (Å²) < 4.78 is 53.5. The molecule has 0 amide bonds. The zero-order valence-electron chi connectivity index (χ0n) is 14.6. The number of hydrogen-bond acceptors (Lipinski definition) is 5. The molecule has 0 unspecified atom stereocenters. The van der Waals surface area contributed by atoms with Crippen molar-refractivity contribution in [2.75, 3.05) is 11.9 Å². The van der Waals surface area contributed by atoms with E-state index in [9.17, 15) is 13.2 Å². The van der Waals surface area contributed by atoms with Crippen molar-refractivity contribution in [3.8, 4) is 0 Å². The van der Waals surface area contributed by atoms with Gasteiger partial charge in [0.25, 0.3) is 6.43 Å². The van der Waals surface area contributed by atoms with Crippen LogP contribution in [0.15, 0.2) is 6.33 Å². The molecule has 0 spiro atoms. The van der Waals surface area contributed by atoms with E-state index in [1.165, 1.54) is 0 Å². The zero-order valence-corrected chi connectivity index (χ0v) is 15.4. The molecular weight excluding hydrogens is 385 g/mol. The number of rotatable bonds is 4. The first-order valence-corrected chi connectivity index (χ1v) is 9.24. The first-order chi connectivity index (χ1) is 12.8. The van der Waals surface area contributed by atoms with E-state index in [4.69, 9.17) is 21.1 Å². The van der Waals surface area contributed by atoms with Crippen molar-refractivity contribution >= 4 is 28.5 Å². The smallest absolute Gasteiger partial charge is 0.255 e. The Balaban J connectivity index is 1.57. The van der Waals surface area contributed by atoms with Crippen molar-refractivity contribution in [1.82, 2.24) is 14.5 Å². The fraction of sp³-hybridized carbons (Fsp3) is 0.647. The number of ether oxygens (including phenoxy) is 2. The molecular formula is C17H18ClF3N4O2. The van der Waals surface area contributed by atoms with Gasteiger partial charge in [0, 0.05) is 0 Å². The van der Waals surface area contributed by atoms with Gasteiger partial charge in [-0.15, -0.1) is 0 Å². The molecule has 3 fully saturated rings. The Bertz CT molecular complexity index is 921. The largest absolute Gasteiger partial charge is 0.375 e. The van der Waals surface area contributed by atoms with Crippen molar-refractivity contribution in [1.29, 1.82) is 0 Å². The maximum absolute atomic E-state index is 14.4. The molecule has 1 N–H and O–H groups in total. The van der Waals surface area contributed by atoms with Crippen LogP contribution in [0.3, 0.4) is 0 Å². The minimum Gasteiger partial charge on any atom is -0.375 e. The summed E-state index contributed by atoms with van der Waals surface area (Å²) >= 11 is 5.94. The number of imidazole rings is 1. The standard InChI is InChI=1S/C17H18ClF3N4O2/c1-17(2)26-13-7-3-6(7)12(14(13)27-17)25-5-23-11-10(22-4-8(19)20)9(21)15(18)24-16(11)25/h5-8,12-14H,3-4H2,1-2H3,(H,22,24)/t6-,7+,12+,13+,14-/m0/s1. The fourth-order valence-corrected chi connectivity index (χ4v) is 4.75. The molecule has 1 saturated heterocycles. The first kappa shape index (κ1) is 17.5. The van der Waals surface area contributed by atoms with Crippen LogP contribution in [0, 0.1) is 17.7 Å². The summed E-state index contributed by atoms with van der Waals surface area (Å²) in [5.74, 6) is -0.785. The van der Waals surface area contributed by atoms with Crippen LogP contribution in [0.25, 0.3) is 11.2 Å². The summed E-state index contributed by atoms with van der Waals surface area (Å²) in [5.41, 5.74) is 0.369. The van der Waals surface area contributed by atoms with E-state index in [-0.39, 0.29) is 34.6 Å². The van der Waals surface area contributed by atoms with Gasteiger partial charge in [-0.05, 0) is 32.1 Å². The molecule has 2 aliphatic carbocycles. The van der Waals surface area contributed by atoms with Crippen molar-refractivity contribution in [2.24, 2.45) is 11.8 Å². The quantitative estimate of drug-likeness (QED) is 0.792. The molecule has 6 nitrogen and oxygen atoms in total. The zero-order chi connectivity index (χ0) is 19.1. The van der Waals surface area contributed by atoms with Crippen LogP contribution in [-0.2, 0) is 9.47 Å². The minimum atomic E-state index is -2.64. The van der Waals surface area contributed by atoms with Crippen LogP contribution in [0.2, 0.25) is 5.15 Å². The van der Waals surface area contributed by atoms with Crippen LogP contribution >= 0.6 is 11.6 Å². The molecule has 0 bridgehead atoms. The Labute approximate surface area is 158 Å². The van der Waals surface area contributed by atoms with Gasteiger partial charge in [-0.1, -0.05) is 11.6 Å². The SMILES string of the molecule is CC1(C)O[C@@H]2[C@@H]3C[C@@H]3[C@@H](n3cnc4c(NCC(F)F)c(F)c(Cl)nc43)[C@@H]2O1. The monoisotopic (exact) mass is 402 g/mol. The van der Waals surface area contributed by atoms with Gasteiger partial charge in [0.15, 0.2) is 22.4 Å².